The Morgan fingerprint density at radius 3 is 1.73 bits per heavy atom. The number of benzene rings is 4. The number of carbonyl (C=O) groups is 1. The number of nitrogens with one attached hydrogen (secondary N) is 2. The molecule has 17 heteroatoms. The van der Waals surface area contributed by atoms with Gasteiger partial charge in [-0.15, -0.1) is 4.33 Å². The maximum Gasteiger partial charge on any atom is 0.323 e. The molecule has 0 unspecified atom stereocenters. The monoisotopic (exact) mass is 640 g/mol. The number of nitrogens with zero attached hydrogens (tertiary/aromatic N) is 4. The molecule has 2 amide bonds. The summed E-state index contributed by atoms with van der Waals surface area (Å²) in [4.78, 5) is 13.1. The van der Waals surface area contributed by atoms with Crippen LogP contribution in [-0.4, -0.2) is 38.5 Å². The summed E-state index contributed by atoms with van der Waals surface area (Å²) in [6, 6.07) is 21.1. The molecule has 0 spiro atoms. The van der Waals surface area contributed by atoms with Crippen LogP contribution in [0.2, 0.25) is 0 Å². The van der Waals surface area contributed by atoms with E-state index in [4.69, 9.17) is 14.7 Å². The highest BCUT2D eigenvalue weighted by Crippen LogP contribution is 2.33. The highest BCUT2D eigenvalue weighted by Gasteiger charge is 2.13. The van der Waals surface area contributed by atoms with Crippen molar-refractivity contribution in [1.82, 2.24) is 0 Å². The van der Waals surface area contributed by atoms with Gasteiger partial charge in [0.15, 0.2) is 0 Å². The van der Waals surface area contributed by atoms with Crippen LogP contribution in [0.5, 0.6) is 11.5 Å². The van der Waals surface area contributed by atoms with Crippen LogP contribution >= 0.6 is 12.0 Å². The van der Waals surface area contributed by atoms with Crippen molar-refractivity contribution >= 4 is 62.3 Å². The smallest absolute Gasteiger partial charge is 0.323 e. The molecule has 4 aromatic carbocycles. The van der Waals surface area contributed by atoms with Crippen molar-refractivity contribution < 1.29 is 41.9 Å². The topological polar surface area (TPSA) is 202 Å². The molecule has 0 aliphatic carbocycles. The Balaban J connectivity index is 1.42. The largest absolute Gasteiger partial charge is 0.494 e. The Bertz CT molecular complexity index is 1800. The summed E-state index contributed by atoms with van der Waals surface area (Å²) in [6.45, 7) is 0. The van der Waals surface area contributed by atoms with Gasteiger partial charge >= 0.3 is 6.03 Å². The van der Waals surface area contributed by atoms with Gasteiger partial charge in [0.05, 0.1) is 65.3 Å². The molecular formula is C27H24N6O9S2. The van der Waals surface area contributed by atoms with Gasteiger partial charge in [-0.05, 0) is 60.7 Å². The zero-order valence-corrected chi connectivity index (χ0v) is 24.6. The zero-order chi connectivity index (χ0) is 31.5. The van der Waals surface area contributed by atoms with Crippen molar-refractivity contribution in [1.29, 1.82) is 0 Å². The molecule has 15 nitrogen and oxygen atoms in total. The Morgan fingerprint density at radius 2 is 1.23 bits per heavy atom. The number of carbonyl (C=O) groups excluding carboxylic acids is 1. The molecule has 228 valence electrons. The van der Waals surface area contributed by atoms with Crippen LogP contribution in [0.25, 0.3) is 0 Å². The van der Waals surface area contributed by atoms with Crippen molar-refractivity contribution in [3.05, 3.63) is 84.9 Å². The van der Waals surface area contributed by atoms with E-state index in [1.165, 1.54) is 44.6 Å². The summed E-state index contributed by atoms with van der Waals surface area (Å²) in [5.41, 5.74) is 2.23. The predicted octanol–water partition coefficient (Wildman–Crippen LogP) is 7.85. The Morgan fingerprint density at radius 1 is 0.727 bits per heavy atom. The highest BCUT2D eigenvalue weighted by atomic mass is 32.2. The van der Waals surface area contributed by atoms with Crippen LogP contribution in [0.3, 0.4) is 0 Å². The molecule has 4 aromatic rings. The average molecular weight is 641 g/mol. The maximum absolute atomic E-state index is 12.8. The quantitative estimate of drug-likeness (QED) is 0.0388. The number of rotatable bonds is 12. The summed E-state index contributed by atoms with van der Waals surface area (Å²) < 4.78 is 47.1. The second-order valence-corrected chi connectivity index (χ2v) is 10.6. The van der Waals surface area contributed by atoms with Crippen LogP contribution in [0, 0.1) is 0 Å². The molecule has 0 bridgehead atoms. The number of hydrogen-bond acceptors (Lipinski definition) is 13. The second kappa shape index (κ2) is 15.0. The van der Waals surface area contributed by atoms with Gasteiger partial charge in [-0.3, -0.25) is 4.55 Å². The lowest BCUT2D eigenvalue weighted by molar-refractivity contribution is -0.432. The molecule has 0 aliphatic rings. The standard InChI is InChI=1S/C27H24N6O9S2/c1-39-25-15-19(32-30-17-5-3-7-21(13-17)43-42-41-35)9-11-23(25)28-27(34)29-24-12-10-20(16-26(24)40-2)33-31-18-6-4-8-22(14-18)44(36,37)38/h3-16,35H,1-2H3,(H2,28,29,34)(H,36,37,38)/b32-30+,33-31+. The molecule has 0 aliphatic heterocycles. The second-order valence-electron chi connectivity index (χ2n) is 8.44. The number of ether oxygens (including phenoxy) is 2. The fourth-order valence-electron chi connectivity index (χ4n) is 3.56. The molecule has 0 radical (unpaired) electrons. The SMILES string of the molecule is COc1cc(/N=N/c2cccc(SOOO)c2)ccc1NC(=O)Nc1ccc(/N=N/c2cccc(S(=O)(=O)O)c2)cc1OC. The van der Waals surface area contributed by atoms with E-state index in [9.17, 15) is 17.8 Å². The van der Waals surface area contributed by atoms with Crippen LogP contribution < -0.4 is 20.1 Å². The number of hydrogen-bond donors (Lipinski definition) is 4. The molecule has 0 saturated heterocycles. The molecule has 0 heterocycles. The summed E-state index contributed by atoms with van der Waals surface area (Å²) >= 11 is 0.795. The first kappa shape index (κ1) is 32.0. The summed E-state index contributed by atoms with van der Waals surface area (Å²) in [6.07, 6.45) is 0. The van der Waals surface area contributed by atoms with E-state index in [1.807, 2.05) is 0 Å². The molecule has 0 saturated carbocycles. The van der Waals surface area contributed by atoms with E-state index in [-0.39, 0.29) is 16.3 Å². The lowest BCUT2D eigenvalue weighted by atomic mass is 10.2. The Kier molecular flexibility index (Phi) is 10.9. The van der Waals surface area contributed by atoms with E-state index in [1.54, 1.807) is 54.6 Å². The minimum atomic E-state index is -4.38. The van der Waals surface area contributed by atoms with E-state index >= 15 is 0 Å². The van der Waals surface area contributed by atoms with E-state index in [2.05, 4.69) is 40.5 Å². The van der Waals surface area contributed by atoms with Gasteiger partial charge in [0, 0.05) is 17.0 Å². The average Bonchev–Trinajstić information content (AvgIpc) is 3.02. The van der Waals surface area contributed by atoms with Crippen LogP contribution in [0.15, 0.2) is 115 Å². The van der Waals surface area contributed by atoms with Gasteiger partial charge in [0.1, 0.15) is 11.5 Å². The van der Waals surface area contributed by atoms with E-state index < -0.39 is 16.1 Å². The third kappa shape index (κ3) is 9.04. The molecule has 4 N–H and O–H groups in total. The van der Waals surface area contributed by atoms with Gasteiger partial charge < -0.3 is 20.1 Å². The number of azo groups is 2. The molecule has 44 heavy (non-hydrogen) atoms. The third-order valence-corrected chi connectivity index (χ3v) is 6.95. The van der Waals surface area contributed by atoms with Crippen LogP contribution in [0.4, 0.5) is 38.9 Å². The lowest BCUT2D eigenvalue weighted by Gasteiger charge is -2.13. The van der Waals surface area contributed by atoms with Gasteiger partial charge in [0.2, 0.25) is 0 Å². The number of amides is 2. The highest BCUT2D eigenvalue weighted by molar-refractivity contribution is 7.94. The van der Waals surface area contributed by atoms with Gasteiger partial charge in [-0.2, -0.15) is 28.9 Å². The number of methoxy groups -OCH3 is 2. The molecule has 0 fully saturated rings. The Hall–Kier alpha value is -4.91. The lowest BCUT2D eigenvalue weighted by Crippen LogP contribution is -2.20. The normalized spacial score (nSPS) is 11.5. The molecular weight excluding hydrogens is 616 g/mol. The fourth-order valence-corrected chi connectivity index (χ4v) is 4.49. The number of anilines is 2. The third-order valence-electron chi connectivity index (χ3n) is 5.52. The van der Waals surface area contributed by atoms with Crippen LogP contribution in [0.1, 0.15) is 0 Å². The summed E-state index contributed by atoms with van der Waals surface area (Å²) in [5, 5.41) is 33.7. The zero-order valence-electron chi connectivity index (χ0n) is 22.9. The summed E-state index contributed by atoms with van der Waals surface area (Å²) in [7, 11) is -1.52. The first-order valence-corrected chi connectivity index (χ1v) is 14.5. The van der Waals surface area contributed by atoms with Gasteiger partial charge in [-0.1, -0.05) is 17.2 Å². The summed E-state index contributed by atoms with van der Waals surface area (Å²) in [5.74, 6) is 0.610. The molecule has 0 aromatic heterocycles. The first-order valence-electron chi connectivity index (χ1n) is 12.3. The van der Waals surface area contributed by atoms with Gasteiger partial charge in [-0.25, -0.2) is 10.1 Å². The van der Waals surface area contributed by atoms with Crippen molar-refractivity contribution in [2.24, 2.45) is 20.5 Å². The van der Waals surface area contributed by atoms with E-state index in [0.29, 0.717) is 39.1 Å². The molecule has 0 atom stereocenters. The number of urea groups is 1. The van der Waals surface area contributed by atoms with Crippen molar-refractivity contribution in [3.63, 3.8) is 0 Å². The molecule has 4 rings (SSSR count). The van der Waals surface area contributed by atoms with Crippen molar-refractivity contribution in [3.8, 4) is 11.5 Å². The minimum Gasteiger partial charge on any atom is -0.494 e. The fraction of sp³-hybridized carbons (Fsp3) is 0.0741. The van der Waals surface area contributed by atoms with E-state index in [0.717, 1.165) is 12.0 Å². The minimum absolute atomic E-state index is 0.204. The Labute approximate surface area is 255 Å². The van der Waals surface area contributed by atoms with Crippen molar-refractivity contribution in [2.75, 3.05) is 24.9 Å². The predicted molar refractivity (Wildman–Crippen MR) is 160 cm³/mol. The first-order chi connectivity index (χ1) is 21.2. The maximum atomic E-state index is 12.8. The van der Waals surface area contributed by atoms with Crippen LogP contribution in [-0.2, 0) is 19.5 Å². The van der Waals surface area contributed by atoms with Crippen molar-refractivity contribution in [2.45, 2.75) is 9.79 Å². The van der Waals surface area contributed by atoms with Gasteiger partial charge in [0.25, 0.3) is 10.1 Å².